The van der Waals surface area contributed by atoms with Gasteiger partial charge in [0.1, 0.15) is 28.8 Å². The average Bonchev–Trinajstić information content (AvgIpc) is 3.62. The fraction of sp³-hybridized carbons (Fsp3) is 0.333. The van der Waals surface area contributed by atoms with Crippen molar-refractivity contribution in [2.24, 2.45) is 10.9 Å². The Hall–Kier alpha value is -4.41. The zero-order valence-electron chi connectivity index (χ0n) is 31.8. The Balaban J connectivity index is 0.000000803. The van der Waals surface area contributed by atoms with Crippen LogP contribution in [-0.4, -0.2) is 99.9 Å². The van der Waals surface area contributed by atoms with Crippen LogP contribution in [0.1, 0.15) is 52.0 Å². The van der Waals surface area contributed by atoms with Crippen molar-refractivity contribution < 1.29 is 48.7 Å². The van der Waals surface area contributed by atoms with Crippen LogP contribution in [0.2, 0.25) is 10.0 Å². The first kappa shape index (κ1) is 48.0. The summed E-state index contributed by atoms with van der Waals surface area (Å²) in [4.78, 5) is 30.0. The molecule has 0 saturated carbocycles. The van der Waals surface area contributed by atoms with Crippen LogP contribution in [0, 0.1) is 13.8 Å². The number of fused-ring (bicyclic) bond motifs is 1. The van der Waals surface area contributed by atoms with E-state index < -0.39 is 42.2 Å². The van der Waals surface area contributed by atoms with Crippen molar-refractivity contribution in [1.82, 2.24) is 19.9 Å². The SMILES string of the molecule is CS(=O)(=O)O.CS(=O)(=O)O.Cc1cc(C)c2cccc(OCc3c(Cl)ccc(S(=O)(=O)N4CCC[C@H]4C(=O)NCCCNC(=O)c4ccc(C=NN)cc4)c3Cl)c2n1. The standard InChI is InChI=1S/C34H36Cl2N6O5S.2CH4O3S/c1-21-18-22(2)41-32-25(21)6-3-8-29(32)47-20-26-27(35)13-14-30(31(26)36)48(45,46)42-17-4-7-28(42)34(44)39-16-5-15-38-33(43)24-11-9-23(10-12-24)19-40-37;2*1-5(2,3)4/h3,6,8-14,18-19,28H,4-5,7,15-17,20,37H2,1-2H3,(H,38,43)(H,39,44);2*1H3,(H,2,3,4)/t28-;;/m0../s1. The highest BCUT2D eigenvalue weighted by Crippen LogP contribution is 2.36. The highest BCUT2D eigenvalue weighted by Gasteiger charge is 2.40. The van der Waals surface area contributed by atoms with Crippen molar-refractivity contribution in [2.75, 3.05) is 32.1 Å². The smallest absolute Gasteiger partial charge is 0.261 e. The number of sulfonamides is 1. The molecule has 1 fully saturated rings. The fourth-order valence-corrected chi connectivity index (χ4v) is 8.19. The van der Waals surface area contributed by atoms with E-state index in [1.807, 2.05) is 32.0 Å². The number of ether oxygens (including phenoxy) is 1. The number of hydrogen-bond donors (Lipinski definition) is 5. The number of aromatic nitrogens is 1. The van der Waals surface area contributed by atoms with Crippen molar-refractivity contribution >= 4 is 82.4 Å². The summed E-state index contributed by atoms with van der Waals surface area (Å²) in [5.74, 6) is 4.99. The molecule has 58 heavy (non-hydrogen) atoms. The summed E-state index contributed by atoms with van der Waals surface area (Å²) in [6, 6.07) is 16.3. The van der Waals surface area contributed by atoms with Crippen LogP contribution in [0.25, 0.3) is 10.9 Å². The maximum absolute atomic E-state index is 13.9. The number of carbonyl (C=O) groups is 2. The second kappa shape index (κ2) is 21.0. The Kier molecular flexibility index (Phi) is 17.4. The third-order valence-electron chi connectivity index (χ3n) is 8.09. The van der Waals surface area contributed by atoms with Gasteiger partial charge < -0.3 is 21.2 Å². The largest absolute Gasteiger partial charge is 0.487 e. The molecule has 4 aromatic rings. The van der Waals surface area contributed by atoms with Crippen molar-refractivity contribution in [1.29, 1.82) is 0 Å². The predicted octanol–water partition coefficient (Wildman–Crippen LogP) is 4.13. The molecule has 0 radical (unpaired) electrons. The Morgan fingerprint density at radius 1 is 0.966 bits per heavy atom. The van der Waals surface area contributed by atoms with Crippen molar-refractivity contribution in [3.63, 3.8) is 0 Å². The number of nitrogens with one attached hydrogen (secondary N) is 2. The number of carbonyl (C=O) groups excluding carboxylic acids is 2. The zero-order valence-corrected chi connectivity index (χ0v) is 35.8. The number of pyridine rings is 1. The topological polar surface area (TPSA) is 265 Å². The minimum atomic E-state index is -4.17. The molecule has 0 aliphatic carbocycles. The fourth-order valence-electron chi connectivity index (χ4n) is 5.67. The number of halogens is 2. The van der Waals surface area contributed by atoms with Gasteiger partial charge in [-0.1, -0.05) is 47.5 Å². The van der Waals surface area contributed by atoms with E-state index >= 15 is 0 Å². The normalized spacial score (nSPS) is 14.6. The summed E-state index contributed by atoms with van der Waals surface area (Å²) in [6.45, 7) is 4.54. The molecule has 0 bridgehead atoms. The number of nitrogens with zero attached hydrogens (tertiary/aromatic N) is 3. The van der Waals surface area contributed by atoms with Crippen molar-refractivity contribution in [3.8, 4) is 5.75 Å². The predicted molar refractivity (Wildman–Crippen MR) is 222 cm³/mol. The lowest BCUT2D eigenvalue weighted by Gasteiger charge is -2.24. The highest BCUT2D eigenvalue weighted by molar-refractivity contribution is 7.89. The Labute approximate surface area is 347 Å². The molecule has 2 heterocycles. The van der Waals surface area contributed by atoms with Gasteiger partial charge in [-0.3, -0.25) is 18.7 Å². The van der Waals surface area contributed by atoms with E-state index in [9.17, 15) is 34.8 Å². The van der Waals surface area contributed by atoms with Gasteiger partial charge in [-0.25, -0.2) is 13.4 Å². The lowest BCUT2D eigenvalue weighted by molar-refractivity contribution is -0.124. The van der Waals surface area contributed by atoms with E-state index in [0.29, 0.717) is 60.7 Å². The second-order valence-electron chi connectivity index (χ2n) is 12.9. The molecule has 1 saturated heterocycles. The number of hydrogen-bond acceptors (Lipinski definition) is 12. The lowest BCUT2D eigenvalue weighted by atomic mass is 10.1. The van der Waals surface area contributed by atoms with Gasteiger partial charge in [0.25, 0.3) is 26.1 Å². The van der Waals surface area contributed by atoms with Gasteiger partial charge in [-0.2, -0.15) is 26.2 Å². The van der Waals surface area contributed by atoms with Gasteiger partial charge in [0.2, 0.25) is 15.9 Å². The maximum atomic E-state index is 13.9. The molecule has 0 spiro atoms. The van der Waals surface area contributed by atoms with Gasteiger partial charge in [0, 0.05) is 46.9 Å². The third-order valence-corrected chi connectivity index (χ3v) is 10.9. The maximum Gasteiger partial charge on any atom is 0.261 e. The molecular formula is C36H44Cl2N6O11S3. The number of para-hydroxylation sites is 1. The third kappa shape index (κ3) is 14.8. The van der Waals surface area contributed by atoms with E-state index in [-0.39, 0.29) is 40.5 Å². The monoisotopic (exact) mass is 902 g/mol. The second-order valence-corrected chi connectivity index (χ2v) is 18.5. The summed E-state index contributed by atoms with van der Waals surface area (Å²) in [5, 5.41) is 10.2. The zero-order chi connectivity index (χ0) is 43.4. The van der Waals surface area contributed by atoms with E-state index in [1.54, 1.807) is 30.3 Å². The van der Waals surface area contributed by atoms with E-state index in [1.165, 1.54) is 22.7 Å². The number of aryl methyl sites for hydroxylation is 2. The number of hydrazone groups is 1. The summed E-state index contributed by atoms with van der Waals surface area (Å²) >= 11 is 13.2. The van der Waals surface area contributed by atoms with E-state index in [4.69, 9.17) is 42.9 Å². The molecule has 1 aromatic heterocycles. The van der Waals surface area contributed by atoms with E-state index in [0.717, 1.165) is 22.2 Å². The van der Waals surface area contributed by atoms with Gasteiger partial charge in [-0.05, 0) is 80.6 Å². The Morgan fingerprint density at radius 2 is 1.59 bits per heavy atom. The van der Waals surface area contributed by atoms with Gasteiger partial charge in [0.05, 0.1) is 23.7 Å². The van der Waals surface area contributed by atoms with Crippen LogP contribution in [-0.2, 0) is 41.7 Å². The van der Waals surface area contributed by atoms with Crippen LogP contribution in [0.3, 0.4) is 0 Å². The molecule has 1 aliphatic heterocycles. The minimum absolute atomic E-state index is 0.0630. The lowest BCUT2D eigenvalue weighted by Crippen LogP contribution is -2.46. The summed E-state index contributed by atoms with van der Waals surface area (Å²) < 4.78 is 86.8. The van der Waals surface area contributed by atoms with Crippen LogP contribution in [0.5, 0.6) is 5.75 Å². The van der Waals surface area contributed by atoms with Crippen molar-refractivity contribution in [2.45, 2.75) is 50.7 Å². The molecule has 22 heteroatoms. The quantitative estimate of drug-likeness (QED) is 0.0441. The number of benzene rings is 3. The molecule has 316 valence electrons. The first-order valence-corrected chi connectivity index (χ1v) is 23.1. The molecule has 0 unspecified atom stereocenters. The molecule has 1 aliphatic rings. The highest BCUT2D eigenvalue weighted by atomic mass is 35.5. The molecule has 2 amide bonds. The van der Waals surface area contributed by atoms with Crippen LogP contribution >= 0.6 is 23.2 Å². The molecule has 1 atom stereocenters. The Morgan fingerprint density at radius 3 is 2.21 bits per heavy atom. The van der Waals surface area contributed by atoms with E-state index in [2.05, 4.69) is 20.7 Å². The van der Waals surface area contributed by atoms with Crippen LogP contribution in [0.4, 0.5) is 0 Å². The molecule has 5 rings (SSSR count). The summed E-state index contributed by atoms with van der Waals surface area (Å²) in [5.41, 5.74) is 4.14. The molecule has 3 aromatic carbocycles. The number of rotatable bonds is 12. The molecule has 6 N–H and O–H groups in total. The molecular weight excluding hydrogens is 860 g/mol. The summed E-state index contributed by atoms with van der Waals surface area (Å²) in [7, 11) is -11.5. The Bertz CT molecular complexity index is 2420. The van der Waals surface area contributed by atoms with Crippen molar-refractivity contribution in [3.05, 3.63) is 98.7 Å². The van der Waals surface area contributed by atoms with Gasteiger partial charge >= 0.3 is 0 Å². The minimum Gasteiger partial charge on any atom is -0.487 e. The number of amides is 2. The first-order chi connectivity index (χ1) is 27.0. The summed E-state index contributed by atoms with van der Waals surface area (Å²) in [6.07, 6.45) is 4.23. The average molecular weight is 904 g/mol. The van der Waals surface area contributed by atoms with Crippen LogP contribution in [0.15, 0.2) is 70.7 Å². The van der Waals surface area contributed by atoms with Gasteiger partial charge in [0.15, 0.2) is 0 Å². The molecule has 17 nitrogen and oxygen atoms in total. The first-order valence-electron chi connectivity index (χ1n) is 17.2. The van der Waals surface area contributed by atoms with Crippen LogP contribution < -0.4 is 21.2 Å². The number of nitrogens with two attached hydrogens (primary N) is 1. The van der Waals surface area contributed by atoms with Gasteiger partial charge in [-0.15, -0.1) is 0 Å².